The summed E-state index contributed by atoms with van der Waals surface area (Å²) in [6, 6.07) is 19.1. The molecule has 3 aromatic carbocycles. The number of sulfonamides is 1. The molecule has 0 unspecified atom stereocenters. The molecule has 0 saturated heterocycles. The van der Waals surface area contributed by atoms with Gasteiger partial charge in [-0.3, -0.25) is 4.79 Å². The molecule has 0 aliphatic heterocycles. The Bertz CT molecular complexity index is 1030. The Kier molecular flexibility index (Phi) is 5.20. The number of carbonyl (C=O) groups excluding carboxylic acids is 1. The second-order valence-electron chi connectivity index (χ2n) is 5.57. The van der Waals surface area contributed by atoms with Gasteiger partial charge in [0, 0.05) is 11.1 Å². The fourth-order valence-electron chi connectivity index (χ4n) is 2.53. The van der Waals surface area contributed by atoms with Gasteiger partial charge in [-0.15, -0.1) is 0 Å². The minimum atomic E-state index is -3.78. The van der Waals surface area contributed by atoms with Crippen LogP contribution in [-0.2, 0) is 14.8 Å². The van der Waals surface area contributed by atoms with Crippen LogP contribution in [0.2, 0.25) is 0 Å². The molecule has 2 N–H and O–H groups in total. The van der Waals surface area contributed by atoms with E-state index in [0.29, 0.717) is 11.4 Å². The molecule has 0 fully saturated rings. The molecule has 0 bridgehead atoms. The highest BCUT2D eigenvalue weighted by atomic mass is 32.2. The third-order valence-corrected chi connectivity index (χ3v) is 5.27. The highest BCUT2D eigenvalue weighted by molar-refractivity contribution is 7.89. The van der Waals surface area contributed by atoms with Crippen molar-refractivity contribution in [1.29, 1.82) is 0 Å². The van der Waals surface area contributed by atoms with Crippen LogP contribution >= 0.6 is 0 Å². The van der Waals surface area contributed by atoms with Crippen LogP contribution in [0.3, 0.4) is 0 Å². The Morgan fingerprint density at radius 2 is 1.65 bits per heavy atom. The van der Waals surface area contributed by atoms with Gasteiger partial charge in [0.1, 0.15) is 5.75 Å². The van der Waals surface area contributed by atoms with Gasteiger partial charge in [0.25, 0.3) is 0 Å². The summed E-state index contributed by atoms with van der Waals surface area (Å²) in [5.41, 5.74) is 0.636. The van der Waals surface area contributed by atoms with Crippen LogP contribution in [0.5, 0.6) is 5.75 Å². The second kappa shape index (κ2) is 7.55. The van der Waals surface area contributed by atoms with Crippen molar-refractivity contribution in [3.8, 4) is 5.75 Å². The fourth-order valence-corrected chi connectivity index (χ4v) is 3.51. The molecule has 3 rings (SSSR count). The van der Waals surface area contributed by atoms with E-state index in [4.69, 9.17) is 4.74 Å². The van der Waals surface area contributed by atoms with Crippen LogP contribution in [0.15, 0.2) is 71.6 Å². The van der Waals surface area contributed by atoms with Crippen molar-refractivity contribution in [3.05, 3.63) is 66.7 Å². The van der Waals surface area contributed by atoms with E-state index in [0.717, 1.165) is 10.8 Å². The maximum Gasteiger partial charge on any atom is 0.241 e. The van der Waals surface area contributed by atoms with E-state index < -0.39 is 15.9 Å². The van der Waals surface area contributed by atoms with E-state index in [2.05, 4.69) is 10.0 Å². The van der Waals surface area contributed by atoms with E-state index in [1.54, 1.807) is 18.2 Å². The van der Waals surface area contributed by atoms with Crippen molar-refractivity contribution < 1.29 is 17.9 Å². The number of benzene rings is 3. The molecule has 0 heterocycles. The lowest BCUT2D eigenvalue weighted by atomic mass is 10.1. The molecule has 0 aromatic heterocycles. The zero-order chi connectivity index (χ0) is 18.6. The summed E-state index contributed by atoms with van der Waals surface area (Å²) in [7, 11) is -2.28. The molecular formula is C19H18N2O4S. The van der Waals surface area contributed by atoms with E-state index in [9.17, 15) is 13.2 Å². The van der Waals surface area contributed by atoms with Crippen molar-refractivity contribution >= 4 is 32.4 Å². The molecular weight excluding hydrogens is 352 g/mol. The largest absolute Gasteiger partial charge is 0.497 e. The topological polar surface area (TPSA) is 84.5 Å². The van der Waals surface area contributed by atoms with Gasteiger partial charge in [-0.1, -0.05) is 36.4 Å². The molecule has 134 valence electrons. The minimum absolute atomic E-state index is 0.0660. The number of carbonyl (C=O) groups is 1. The van der Waals surface area contributed by atoms with Crippen LogP contribution in [0, 0.1) is 0 Å². The molecule has 0 radical (unpaired) electrons. The predicted molar refractivity (Wildman–Crippen MR) is 101 cm³/mol. The first-order valence-electron chi connectivity index (χ1n) is 7.91. The average molecular weight is 370 g/mol. The standard InChI is InChI=1S/C19H18N2O4S/c1-25-15-9-11-16(12-10-15)26(23,24)20-13-19(22)21-18-8-4-6-14-5-2-3-7-17(14)18/h2-12,20H,13H2,1H3,(H,21,22). The molecule has 0 aliphatic rings. The molecule has 0 aliphatic carbocycles. The SMILES string of the molecule is COc1ccc(S(=O)(=O)NCC(=O)Nc2cccc3ccccc23)cc1. The number of nitrogens with one attached hydrogen (secondary N) is 2. The Morgan fingerprint density at radius 1 is 0.962 bits per heavy atom. The number of methoxy groups -OCH3 is 1. The molecule has 0 saturated carbocycles. The monoisotopic (exact) mass is 370 g/mol. The first kappa shape index (κ1) is 17.9. The summed E-state index contributed by atoms with van der Waals surface area (Å²) < 4.78 is 31.8. The summed E-state index contributed by atoms with van der Waals surface area (Å²) in [4.78, 5) is 12.2. The maximum atomic E-state index is 12.3. The summed E-state index contributed by atoms with van der Waals surface area (Å²) >= 11 is 0. The number of ether oxygens (including phenoxy) is 1. The van der Waals surface area contributed by atoms with Gasteiger partial charge in [-0.25, -0.2) is 13.1 Å². The number of rotatable bonds is 6. The lowest BCUT2D eigenvalue weighted by Crippen LogP contribution is -2.32. The van der Waals surface area contributed by atoms with E-state index in [1.165, 1.54) is 19.2 Å². The third-order valence-electron chi connectivity index (χ3n) is 3.86. The lowest BCUT2D eigenvalue weighted by molar-refractivity contribution is -0.115. The Morgan fingerprint density at radius 3 is 2.38 bits per heavy atom. The smallest absolute Gasteiger partial charge is 0.241 e. The van der Waals surface area contributed by atoms with Crippen LogP contribution in [0.1, 0.15) is 0 Å². The predicted octanol–water partition coefficient (Wildman–Crippen LogP) is 2.77. The van der Waals surface area contributed by atoms with Crippen LogP contribution in [0.4, 0.5) is 5.69 Å². The van der Waals surface area contributed by atoms with Gasteiger partial charge in [0.2, 0.25) is 15.9 Å². The molecule has 26 heavy (non-hydrogen) atoms. The van der Waals surface area contributed by atoms with E-state index in [-0.39, 0.29) is 11.4 Å². The van der Waals surface area contributed by atoms with Crippen molar-refractivity contribution in [2.24, 2.45) is 0 Å². The Hall–Kier alpha value is -2.90. The zero-order valence-electron chi connectivity index (χ0n) is 14.1. The van der Waals surface area contributed by atoms with Crippen molar-refractivity contribution in [2.45, 2.75) is 4.90 Å². The summed E-state index contributed by atoms with van der Waals surface area (Å²) in [6.07, 6.45) is 0. The lowest BCUT2D eigenvalue weighted by Gasteiger charge is -2.10. The molecule has 6 nitrogen and oxygen atoms in total. The average Bonchev–Trinajstić information content (AvgIpc) is 2.67. The maximum absolute atomic E-state index is 12.3. The van der Waals surface area contributed by atoms with Crippen molar-refractivity contribution in [2.75, 3.05) is 19.0 Å². The van der Waals surface area contributed by atoms with Crippen LogP contribution in [-0.4, -0.2) is 28.0 Å². The van der Waals surface area contributed by atoms with E-state index >= 15 is 0 Å². The second-order valence-corrected chi connectivity index (χ2v) is 7.34. The summed E-state index contributed by atoms with van der Waals surface area (Å²) in [6.45, 7) is -0.364. The minimum Gasteiger partial charge on any atom is -0.497 e. The fraction of sp³-hybridized carbons (Fsp3) is 0.105. The van der Waals surface area contributed by atoms with Gasteiger partial charge >= 0.3 is 0 Å². The normalized spacial score (nSPS) is 11.3. The number of anilines is 1. The van der Waals surface area contributed by atoms with E-state index in [1.807, 2.05) is 36.4 Å². The van der Waals surface area contributed by atoms with Gasteiger partial charge in [0.15, 0.2) is 0 Å². The van der Waals surface area contributed by atoms with Crippen molar-refractivity contribution in [1.82, 2.24) is 4.72 Å². The third kappa shape index (κ3) is 4.01. The molecule has 7 heteroatoms. The highest BCUT2D eigenvalue weighted by Crippen LogP contribution is 2.22. The quantitative estimate of drug-likeness (QED) is 0.699. The van der Waals surface area contributed by atoms with Gasteiger partial charge in [-0.2, -0.15) is 0 Å². The Balaban J connectivity index is 1.68. The van der Waals surface area contributed by atoms with Crippen LogP contribution in [0.25, 0.3) is 10.8 Å². The highest BCUT2D eigenvalue weighted by Gasteiger charge is 2.16. The van der Waals surface area contributed by atoms with Crippen molar-refractivity contribution in [3.63, 3.8) is 0 Å². The molecule has 0 atom stereocenters. The van der Waals surface area contributed by atoms with Crippen LogP contribution < -0.4 is 14.8 Å². The summed E-state index contributed by atoms with van der Waals surface area (Å²) in [5, 5.41) is 4.62. The first-order chi connectivity index (χ1) is 12.5. The summed E-state index contributed by atoms with van der Waals surface area (Å²) in [5.74, 6) is 0.107. The Labute approximate surface area is 151 Å². The van der Waals surface area contributed by atoms with Gasteiger partial charge < -0.3 is 10.1 Å². The molecule has 3 aromatic rings. The molecule has 1 amide bonds. The zero-order valence-corrected chi connectivity index (χ0v) is 14.9. The van der Waals surface area contributed by atoms with Gasteiger partial charge in [-0.05, 0) is 35.7 Å². The first-order valence-corrected chi connectivity index (χ1v) is 9.39. The number of hydrogen-bond acceptors (Lipinski definition) is 4. The number of amides is 1. The molecule has 0 spiro atoms. The van der Waals surface area contributed by atoms with Gasteiger partial charge in [0.05, 0.1) is 18.6 Å². The number of fused-ring (bicyclic) bond motifs is 1. The number of hydrogen-bond donors (Lipinski definition) is 2.